The highest BCUT2D eigenvalue weighted by atomic mass is 19.1. The molecule has 0 radical (unpaired) electrons. The van der Waals surface area contributed by atoms with E-state index in [4.69, 9.17) is 0 Å². The van der Waals surface area contributed by atoms with Crippen LogP contribution in [0.5, 0.6) is 0 Å². The quantitative estimate of drug-likeness (QED) is 0.613. The number of nitrogens with one attached hydrogen (secondary N) is 1. The summed E-state index contributed by atoms with van der Waals surface area (Å²) in [6.07, 6.45) is 0.755. The van der Waals surface area contributed by atoms with E-state index in [2.05, 4.69) is 10.1 Å². The van der Waals surface area contributed by atoms with Gasteiger partial charge in [0.25, 0.3) is 5.91 Å². The fraction of sp³-hybridized carbons (Fsp3) is 0.182. The maximum Gasteiger partial charge on any atom is 0.287 e. The lowest BCUT2D eigenvalue weighted by Gasteiger charge is -2.03. The van der Waals surface area contributed by atoms with Crippen LogP contribution in [0, 0.1) is 6.92 Å². The number of ether oxygens (including phenoxy) is 1. The summed E-state index contributed by atoms with van der Waals surface area (Å²) >= 11 is 0. The van der Waals surface area contributed by atoms with E-state index < -0.39 is 11.7 Å². The highest BCUT2D eigenvalue weighted by Gasteiger charge is 2.08. The van der Waals surface area contributed by atoms with E-state index in [0.717, 1.165) is 11.8 Å². The van der Waals surface area contributed by atoms with E-state index in [9.17, 15) is 9.18 Å². The average Bonchev–Trinajstić information content (AvgIpc) is 2.18. The van der Waals surface area contributed by atoms with Gasteiger partial charge in [-0.1, -0.05) is 12.1 Å². The molecule has 0 saturated heterocycles. The molecule has 0 heterocycles. The fourth-order valence-electron chi connectivity index (χ4n) is 1.07. The van der Waals surface area contributed by atoms with Gasteiger partial charge in [-0.25, -0.2) is 0 Å². The van der Waals surface area contributed by atoms with Gasteiger partial charge in [0.2, 0.25) is 5.83 Å². The van der Waals surface area contributed by atoms with Crippen molar-refractivity contribution in [1.29, 1.82) is 0 Å². The van der Waals surface area contributed by atoms with Gasteiger partial charge in [0.1, 0.15) is 6.26 Å². The predicted molar refractivity (Wildman–Crippen MR) is 56.0 cm³/mol. The van der Waals surface area contributed by atoms with Crippen LogP contribution in [-0.2, 0) is 9.53 Å². The highest BCUT2D eigenvalue weighted by Crippen LogP contribution is 2.11. The summed E-state index contributed by atoms with van der Waals surface area (Å²) in [4.78, 5) is 11.2. The van der Waals surface area contributed by atoms with Crippen LogP contribution in [0.25, 0.3) is 0 Å². The van der Waals surface area contributed by atoms with Crippen LogP contribution in [0.4, 0.5) is 10.1 Å². The van der Waals surface area contributed by atoms with Crippen molar-refractivity contribution in [2.75, 3.05) is 12.4 Å². The van der Waals surface area contributed by atoms with Gasteiger partial charge in [0.05, 0.1) is 7.11 Å². The number of carbonyl (C=O) groups is 1. The molecule has 80 valence electrons. The van der Waals surface area contributed by atoms with Crippen molar-refractivity contribution >= 4 is 11.6 Å². The molecular weight excluding hydrogens is 197 g/mol. The second kappa shape index (κ2) is 5.14. The smallest absolute Gasteiger partial charge is 0.287 e. The van der Waals surface area contributed by atoms with Crippen molar-refractivity contribution < 1.29 is 13.9 Å². The van der Waals surface area contributed by atoms with E-state index >= 15 is 0 Å². The molecule has 0 spiro atoms. The minimum absolute atomic E-state index is 0.555. The Bertz CT molecular complexity index is 388. The van der Waals surface area contributed by atoms with Crippen LogP contribution in [0.15, 0.2) is 36.4 Å². The molecule has 1 aromatic carbocycles. The molecule has 3 nitrogen and oxygen atoms in total. The number of methoxy groups -OCH3 is 1. The van der Waals surface area contributed by atoms with Gasteiger partial charge >= 0.3 is 0 Å². The van der Waals surface area contributed by atoms with Crippen molar-refractivity contribution in [2.45, 2.75) is 6.92 Å². The van der Waals surface area contributed by atoms with E-state index in [0.29, 0.717) is 5.69 Å². The monoisotopic (exact) mass is 209 g/mol. The summed E-state index contributed by atoms with van der Waals surface area (Å²) in [6.45, 7) is 1.89. The Morgan fingerprint density at radius 1 is 1.53 bits per heavy atom. The standard InChI is InChI=1S/C11H12FNO2/c1-8-4-3-5-9(6-8)13-11(14)10(12)7-15-2/h3-7H,1-2H3,(H,13,14)/b10-7+. The number of halogens is 1. The first-order valence-electron chi connectivity index (χ1n) is 4.40. The molecule has 15 heavy (non-hydrogen) atoms. The molecule has 0 saturated carbocycles. The van der Waals surface area contributed by atoms with E-state index in [-0.39, 0.29) is 0 Å². The molecule has 0 aromatic heterocycles. The maximum absolute atomic E-state index is 12.9. The van der Waals surface area contributed by atoms with Crippen LogP contribution in [0.3, 0.4) is 0 Å². The second-order valence-corrected chi connectivity index (χ2v) is 3.03. The van der Waals surface area contributed by atoms with Crippen LogP contribution in [0.2, 0.25) is 0 Å². The molecule has 0 aliphatic carbocycles. The molecule has 0 unspecified atom stereocenters. The van der Waals surface area contributed by atoms with Crippen LogP contribution < -0.4 is 5.32 Å². The zero-order chi connectivity index (χ0) is 11.3. The summed E-state index contributed by atoms with van der Waals surface area (Å²) in [5.74, 6) is -1.78. The molecule has 1 rings (SSSR count). The number of hydrogen-bond acceptors (Lipinski definition) is 2. The van der Waals surface area contributed by atoms with Gasteiger partial charge in [0, 0.05) is 5.69 Å². The van der Waals surface area contributed by atoms with Crippen LogP contribution in [0.1, 0.15) is 5.56 Å². The molecular formula is C11H12FNO2. The third-order valence-electron chi connectivity index (χ3n) is 1.71. The first-order chi connectivity index (χ1) is 7.13. The summed E-state index contributed by atoms with van der Waals surface area (Å²) in [5.41, 5.74) is 1.54. The van der Waals surface area contributed by atoms with Crippen molar-refractivity contribution in [1.82, 2.24) is 0 Å². The Kier molecular flexibility index (Phi) is 3.85. The summed E-state index contributed by atoms with van der Waals surface area (Å²) in [6, 6.07) is 7.10. The Morgan fingerprint density at radius 2 is 2.27 bits per heavy atom. The van der Waals surface area contributed by atoms with Crippen molar-refractivity contribution in [2.24, 2.45) is 0 Å². The first-order valence-corrected chi connectivity index (χ1v) is 4.40. The molecule has 0 aliphatic heterocycles. The van der Waals surface area contributed by atoms with E-state index in [1.807, 2.05) is 13.0 Å². The van der Waals surface area contributed by atoms with Crippen molar-refractivity contribution in [3.05, 3.63) is 41.9 Å². The Balaban J connectivity index is 2.70. The van der Waals surface area contributed by atoms with E-state index in [1.54, 1.807) is 18.2 Å². The molecule has 0 bridgehead atoms. The number of carbonyl (C=O) groups excluding carboxylic acids is 1. The summed E-state index contributed by atoms with van der Waals surface area (Å²) in [7, 11) is 1.28. The Labute approximate surface area is 87.6 Å². The van der Waals surface area contributed by atoms with Gasteiger partial charge in [-0.05, 0) is 24.6 Å². The summed E-state index contributed by atoms with van der Waals surface area (Å²) in [5, 5.41) is 2.41. The van der Waals surface area contributed by atoms with Gasteiger partial charge in [-0.2, -0.15) is 4.39 Å². The summed E-state index contributed by atoms with van der Waals surface area (Å²) < 4.78 is 17.3. The zero-order valence-corrected chi connectivity index (χ0v) is 8.58. The molecule has 1 amide bonds. The van der Waals surface area contributed by atoms with Crippen molar-refractivity contribution in [3.8, 4) is 0 Å². The van der Waals surface area contributed by atoms with Crippen molar-refractivity contribution in [3.63, 3.8) is 0 Å². The lowest BCUT2D eigenvalue weighted by Crippen LogP contribution is -2.12. The van der Waals surface area contributed by atoms with E-state index in [1.165, 1.54) is 7.11 Å². The van der Waals surface area contributed by atoms with Gasteiger partial charge < -0.3 is 10.1 Å². The molecule has 1 N–H and O–H groups in total. The normalized spacial score (nSPS) is 11.0. The predicted octanol–water partition coefficient (Wildman–Crippen LogP) is 2.39. The lowest BCUT2D eigenvalue weighted by atomic mass is 10.2. The number of aryl methyl sites for hydroxylation is 1. The van der Waals surface area contributed by atoms with Crippen LogP contribution in [-0.4, -0.2) is 13.0 Å². The third-order valence-corrected chi connectivity index (χ3v) is 1.71. The number of rotatable bonds is 3. The van der Waals surface area contributed by atoms with Gasteiger partial charge in [0.15, 0.2) is 0 Å². The highest BCUT2D eigenvalue weighted by molar-refractivity contribution is 6.01. The first kappa shape index (κ1) is 11.2. The topological polar surface area (TPSA) is 38.3 Å². The molecule has 0 fully saturated rings. The Hall–Kier alpha value is -1.84. The SMILES string of the molecule is CO/C=C(/F)C(=O)Nc1cccc(C)c1. The number of hydrogen-bond donors (Lipinski definition) is 1. The molecule has 0 atom stereocenters. The van der Waals surface area contributed by atoms with Gasteiger partial charge in [-0.15, -0.1) is 0 Å². The molecule has 4 heteroatoms. The Morgan fingerprint density at radius 3 is 2.87 bits per heavy atom. The fourth-order valence-corrected chi connectivity index (χ4v) is 1.07. The van der Waals surface area contributed by atoms with Gasteiger partial charge in [-0.3, -0.25) is 4.79 Å². The number of amides is 1. The average molecular weight is 209 g/mol. The number of anilines is 1. The minimum Gasteiger partial charge on any atom is -0.501 e. The molecule has 1 aromatic rings. The third kappa shape index (κ3) is 3.42. The largest absolute Gasteiger partial charge is 0.501 e. The minimum atomic E-state index is -0.959. The number of benzene rings is 1. The zero-order valence-electron chi connectivity index (χ0n) is 8.58. The second-order valence-electron chi connectivity index (χ2n) is 3.03. The van der Waals surface area contributed by atoms with Crippen LogP contribution >= 0.6 is 0 Å². The lowest BCUT2D eigenvalue weighted by molar-refractivity contribution is -0.114. The maximum atomic E-state index is 12.9. The molecule has 0 aliphatic rings.